The Hall–Kier alpha value is -1.31. The van der Waals surface area contributed by atoms with Crippen molar-refractivity contribution in [3.05, 3.63) is 23.9 Å². The van der Waals surface area contributed by atoms with Crippen molar-refractivity contribution >= 4 is 12.4 Å². The molecule has 2 rings (SSSR count). The van der Waals surface area contributed by atoms with Gasteiger partial charge in [0.15, 0.2) is 0 Å². The van der Waals surface area contributed by atoms with Gasteiger partial charge in [0.2, 0.25) is 5.88 Å². The van der Waals surface area contributed by atoms with Crippen LogP contribution in [0.25, 0.3) is 0 Å². The number of nitrogens with one attached hydrogen (secondary N) is 1. The molecule has 1 aliphatic rings. The van der Waals surface area contributed by atoms with E-state index in [9.17, 15) is 0 Å². The van der Waals surface area contributed by atoms with Crippen LogP contribution in [-0.2, 0) is 0 Å². The first-order chi connectivity index (χ1) is 8.90. The summed E-state index contributed by atoms with van der Waals surface area (Å²) < 4.78 is 5.57. The molecule has 0 unspecified atom stereocenters. The summed E-state index contributed by atoms with van der Waals surface area (Å²) in [5.41, 5.74) is 0.513. The number of rotatable bonds is 5. The molecule has 5 heteroatoms. The fraction of sp³-hybridized carbons (Fsp3) is 0.571. The largest absolute Gasteiger partial charge is 0.477 e. The van der Waals surface area contributed by atoms with Crippen molar-refractivity contribution in [3.63, 3.8) is 0 Å². The second-order valence-corrected chi connectivity index (χ2v) is 4.65. The lowest BCUT2D eigenvalue weighted by Gasteiger charge is -2.22. The van der Waals surface area contributed by atoms with Crippen LogP contribution in [-0.4, -0.2) is 24.7 Å². The fourth-order valence-corrected chi connectivity index (χ4v) is 2.30. The first kappa shape index (κ1) is 15.7. The number of nitriles is 1. The first-order valence-corrected chi connectivity index (χ1v) is 6.59. The van der Waals surface area contributed by atoms with Crippen molar-refractivity contribution < 1.29 is 4.74 Å². The summed E-state index contributed by atoms with van der Waals surface area (Å²) in [6.45, 7) is 2.93. The number of halogens is 1. The third kappa shape index (κ3) is 5.06. The van der Waals surface area contributed by atoms with Crippen molar-refractivity contribution in [2.45, 2.75) is 25.7 Å². The van der Waals surface area contributed by atoms with E-state index in [1.165, 1.54) is 19.3 Å². The van der Waals surface area contributed by atoms with Gasteiger partial charge in [-0.05, 0) is 56.8 Å². The minimum Gasteiger partial charge on any atom is -0.477 e. The van der Waals surface area contributed by atoms with Gasteiger partial charge in [-0.25, -0.2) is 4.98 Å². The fourth-order valence-electron chi connectivity index (χ4n) is 2.30. The van der Waals surface area contributed by atoms with Gasteiger partial charge in [0.1, 0.15) is 11.6 Å². The van der Waals surface area contributed by atoms with Crippen molar-refractivity contribution in [1.29, 1.82) is 5.26 Å². The minimum absolute atomic E-state index is 0. The van der Waals surface area contributed by atoms with E-state index in [2.05, 4.69) is 16.4 Å². The number of hydrogen-bond acceptors (Lipinski definition) is 4. The summed E-state index contributed by atoms with van der Waals surface area (Å²) in [6, 6.07) is 5.57. The van der Waals surface area contributed by atoms with E-state index < -0.39 is 0 Å². The molecule has 104 valence electrons. The molecule has 2 heterocycles. The van der Waals surface area contributed by atoms with Crippen LogP contribution in [0.5, 0.6) is 5.88 Å². The lowest BCUT2D eigenvalue weighted by Crippen LogP contribution is -2.27. The van der Waals surface area contributed by atoms with Crippen LogP contribution in [0.2, 0.25) is 0 Å². The normalized spacial score (nSPS) is 15.3. The molecule has 1 saturated heterocycles. The average molecular weight is 282 g/mol. The van der Waals surface area contributed by atoms with Crippen molar-refractivity contribution in [2.75, 3.05) is 19.7 Å². The van der Waals surface area contributed by atoms with Gasteiger partial charge in [-0.2, -0.15) is 5.26 Å². The van der Waals surface area contributed by atoms with Crippen LogP contribution in [0.4, 0.5) is 0 Å². The van der Waals surface area contributed by atoms with E-state index in [0.29, 0.717) is 18.1 Å². The number of ether oxygens (including phenoxy) is 1. The van der Waals surface area contributed by atoms with E-state index in [4.69, 9.17) is 10.00 Å². The van der Waals surface area contributed by atoms with Crippen molar-refractivity contribution in [3.8, 4) is 11.9 Å². The molecule has 0 bridgehead atoms. The summed E-state index contributed by atoms with van der Waals surface area (Å²) in [6.07, 6.45) is 6.44. The first-order valence-electron chi connectivity index (χ1n) is 6.59. The molecule has 0 saturated carbocycles. The molecule has 0 aliphatic carbocycles. The smallest absolute Gasteiger partial charge is 0.231 e. The second kappa shape index (κ2) is 8.73. The predicted molar refractivity (Wildman–Crippen MR) is 76.5 cm³/mol. The molecule has 1 N–H and O–H groups in total. The Kier molecular flexibility index (Phi) is 7.24. The maximum absolute atomic E-state index is 8.90. The highest BCUT2D eigenvalue weighted by molar-refractivity contribution is 5.85. The summed E-state index contributed by atoms with van der Waals surface area (Å²) in [4.78, 5) is 4.08. The molecular formula is C14H20ClN3O. The van der Waals surface area contributed by atoms with Crippen molar-refractivity contribution in [2.24, 2.45) is 5.92 Å². The molecular weight excluding hydrogens is 262 g/mol. The van der Waals surface area contributed by atoms with Crippen LogP contribution < -0.4 is 10.1 Å². The maximum atomic E-state index is 8.90. The highest BCUT2D eigenvalue weighted by Crippen LogP contribution is 2.18. The van der Waals surface area contributed by atoms with Gasteiger partial charge in [0.05, 0.1) is 6.61 Å². The SMILES string of the molecule is Cl.N#Cc1cccnc1OCCCC1CCNCC1. The Morgan fingerprint density at radius 3 is 2.95 bits per heavy atom. The molecule has 0 atom stereocenters. The molecule has 1 aliphatic heterocycles. The molecule has 19 heavy (non-hydrogen) atoms. The van der Waals surface area contributed by atoms with Gasteiger partial charge >= 0.3 is 0 Å². The molecule has 0 amide bonds. The van der Waals surface area contributed by atoms with Crippen LogP contribution in [0.3, 0.4) is 0 Å². The van der Waals surface area contributed by atoms with Gasteiger partial charge in [0, 0.05) is 6.20 Å². The lowest BCUT2D eigenvalue weighted by atomic mass is 9.93. The van der Waals surface area contributed by atoms with Gasteiger partial charge in [0.25, 0.3) is 0 Å². The zero-order chi connectivity index (χ0) is 12.6. The Labute approximate surface area is 120 Å². The standard InChI is InChI=1S/C14H19N3O.ClH/c15-11-13-4-1-7-17-14(13)18-10-2-3-12-5-8-16-9-6-12;/h1,4,7,12,16H,2-3,5-6,8-10H2;1H. The molecule has 0 aromatic carbocycles. The molecule has 4 nitrogen and oxygen atoms in total. The summed E-state index contributed by atoms with van der Waals surface area (Å²) >= 11 is 0. The van der Waals surface area contributed by atoms with Gasteiger partial charge in [-0.1, -0.05) is 0 Å². The van der Waals surface area contributed by atoms with Gasteiger partial charge < -0.3 is 10.1 Å². The highest BCUT2D eigenvalue weighted by Gasteiger charge is 2.12. The number of aromatic nitrogens is 1. The van der Waals surface area contributed by atoms with Crippen LogP contribution >= 0.6 is 12.4 Å². The third-order valence-corrected chi connectivity index (χ3v) is 3.35. The number of piperidine rings is 1. The van der Waals surface area contributed by atoms with Crippen molar-refractivity contribution in [1.82, 2.24) is 10.3 Å². The quantitative estimate of drug-likeness (QED) is 0.843. The minimum atomic E-state index is 0. The number of pyridine rings is 1. The van der Waals surface area contributed by atoms with Gasteiger partial charge in [-0.3, -0.25) is 0 Å². The Morgan fingerprint density at radius 2 is 2.21 bits per heavy atom. The maximum Gasteiger partial charge on any atom is 0.231 e. The van der Waals surface area contributed by atoms with E-state index in [-0.39, 0.29) is 12.4 Å². The zero-order valence-electron chi connectivity index (χ0n) is 11.0. The van der Waals surface area contributed by atoms with Gasteiger partial charge in [-0.15, -0.1) is 12.4 Å². The van der Waals surface area contributed by atoms with Crippen LogP contribution in [0, 0.1) is 17.2 Å². The Morgan fingerprint density at radius 1 is 1.42 bits per heavy atom. The number of hydrogen-bond donors (Lipinski definition) is 1. The van der Waals surface area contributed by atoms with E-state index in [1.807, 2.05) is 0 Å². The zero-order valence-corrected chi connectivity index (χ0v) is 11.8. The molecule has 0 radical (unpaired) electrons. The summed E-state index contributed by atoms with van der Waals surface area (Å²) in [5.74, 6) is 1.29. The van der Waals surface area contributed by atoms with Crippen LogP contribution in [0.15, 0.2) is 18.3 Å². The summed E-state index contributed by atoms with van der Waals surface area (Å²) in [5, 5.41) is 12.3. The third-order valence-electron chi connectivity index (χ3n) is 3.35. The topological polar surface area (TPSA) is 57.9 Å². The monoisotopic (exact) mass is 281 g/mol. The lowest BCUT2D eigenvalue weighted by molar-refractivity contribution is 0.266. The molecule has 1 aromatic heterocycles. The molecule has 0 spiro atoms. The number of nitrogens with zero attached hydrogens (tertiary/aromatic N) is 2. The van der Waals surface area contributed by atoms with E-state index >= 15 is 0 Å². The van der Waals surface area contributed by atoms with E-state index in [0.717, 1.165) is 25.4 Å². The average Bonchev–Trinajstić information content (AvgIpc) is 2.45. The Balaban J connectivity index is 0.00000180. The molecule has 1 aromatic rings. The second-order valence-electron chi connectivity index (χ2n) is 4.65. The highest BCUT2D eigenvalue weighted by atomic mass is 35.5. The van der Waals surface area contributed by atoms with E-state index in [1.54, 1.807) is 18.3 Å². The predicted octanol–water partition coefficient (Wildman–Crippen LogP) is 2.53. The Bertz CT molecular complexity index is 413. The molecule has 1 fully saturated rings. The summed E-state index contributed by atoms with van der Waals surface area (Å²) in [7, 11) is 0. The van der Waals surface area contributed by atoms with Crippen LogP contribution in [0.1, 0.15) is 31.2 Å².